The Morgan fingerprint density at radius 3 is 2.05 bits per heavy atom. The molecule has 0 atom stereocenters. The lowest BCUT2D eigenvalue weighted by Gasteiger charge is -2.04. The van der Waals surface area contributed by atoms with Crippen LogP contribution in [0.2, 0.25) is 0 Å². The zero-order valence-electron chi connectivity index (χ0n) is 11.4. The average Bonchev–Trinajstić information content (AvgIpc) is 3.02. The minimum absolute atomic E-state index is 0.163. The van der Waals surface area contributed by atoms with Crippen molar-refractivity contribution in [3.63, 3.8) is 0 Å². The number of rotatable bonds is 2. The molecule has 0 N–H and O–H groups in total. The molecule has 3 heteroatoms. The second-order valence-corrected chi connectivity index (χ2v) is 6.73. The first-order valence-electron chi connectivity index (χ1n) is 7.00. The zero-order valence-corrected chi connectivity index (χ0v) is 12.2. The number of aliphatic imine (C=N–C) groups is 1. The fourth-order valence-corrected chi connectivity index (χ4v) is 4.05. The molecule has 3 rings (SSSR count). The molecule has 2 aromatic rings. The Labute approximate surface area is 122 Å². The van der Waals surface area contributed by atoms with Crippen molar-refractivity contribution in [1.29, 1.82) is 0 Å². The summed E-state index contributed by atoms with van der Waals surface area (Å²) >= 11 is 0. The Bertz CT molecular complexity index is 610. The second-order valence-electron chi connectivity index (χ2n) is 4.81. The van der Waals surface area contributed by atoms with E-state index >= 15 is 0 Å². The van der Waals surface area contributed by atoms with Crippen LogP contribution in [0, 0.1) is 0 Å². The number of hydrogen-bond acceptors (Lipinski definition) is 1. The molecule has 1 aliphatic rings. The Balaban J connectivity index is 1.99. The van der Waals surface area contributed by atoms with Gasteiger partial charge in [-0.3, -0.25) is 0 Å². The van der Waals surface area contributed by atoms with Gasteiger partial charge in [0.25, 0.3) is 0 Å². The van der Waals surface area contributed by atoms with Gasteiger partial charge < -0.3 is 0 Å². The van der Waals surface area contributed by atoms with E-state index in [-0.39, 0.29) is 10.7 Å². The summed E-state index contributed by atoms with van der Waals surface area (Å²) in [6, 6.07) is 20.4. The molecule has 2 nitrogen and oxygen atoms in total. The topological polar surface area (TPSA) is 24.7 Å². The van der Waals surface area contributed by atoms with Gasteiger partial charge in [0.15, 0.2) is 5.84 Å². The van der Waals surface area contributed by atoms with Crippen LogP contribution in [-0.2, 0) is 10.7 Å². The monoisotopic (exact) mass is 282 g/mol. The molecule has 1 saturated heterocycles. The van der Waals surface area contributed by atoms with Gasteiger partial charge in [0, 0.05) is 17.1 Å². The van der Waals surface area contributed by atoms with Crippen LogP contribution in [-0.4, -0.2) is 17.3 Å². The third-order valence-corrected chi connectivity index (χ3v) is 5.20. The smallest absolute Gasteiger partial charge is 0.166 e. The molecule has 0 amide bonds. The molecule has 0 bridgehead atoms. The van der Waals surface area contributed by atoms with Crippen LogP contribution in [0.3, 0.4) is 0 Å². The summed E-state index contributed by atoms with van der Waals surface area (Å²) in [5, 5.41) is 0. The summed E-state index contributed by atoms with van der Waals surface area (Å²) in [6.07, 6.45) is 2.61. The van der Waals surface area contributed by atoms with Crippen molar-refractivity contribution in [1.82, 2.24) is 0 Å². The standard InChI is InChI=1S/C17H18N2S/c1-3-9-15(10-4-1)17(19-20-13-7-8-14-20)18-16-11-5-2-6-12-16/h1-6,9-12H,7-8,13-14H2. The minimum Gasteiger partial charge on any atom is -0.228 e. The number of hydrogen-bond donors (Lipinski definition) is 0. The van der Waals surface area contributed by atoms with Gasteiger partial charge in [0.05, 0.1) is 5.69 Å². The predicted molar refractivity (Wildman–Crippen MR) is 87.8 cm³/mol. The molecule has 0 aromatic heterocycles. The molecule has 1 heterocycles. The highest BCUT2D eigenvalue weighted by Crippen LogP contribution is 2.16. The highest BCUT2D eigenvalue weighted by Gasteiger charge is 2.09. The molecule has 0 aliphatic carbocycles. The molecule has 0 unspecified atom stereocenters. The number of nitrogens with zero attached hydrogens (tertiary/aromatic N) is 2. The van der Waals surface area contributed by atoms with Crippen molar-refractivity contribution < 1.29 is 0 Å². The quantitative estimate of drug-likeness (QED) is 0.577. The van der Waals surface area contributed by atoms with E-state index in [1.54, 1.807) is 0 Å². The summed E-state index contributed by atoms with van der Waals surface area (Å²) in [5.41, 5.74) is 2.08. The SMILES string of the molecule is c1ccc(N=C(N=S2CCCC2)c2ccccc2)cc1. The average molecular weight is 282 g/mol. The number of benzene rings is 2. The van der Waals surface area contributed by atoms with E-state index in [1.807, 2.05) is 48.5 Å². The molecule has 102 valence electrons. The third-order valence-electron chi connectivity index (χ3n) is 3.25. The first-order chi connectivity index (χ1) is 9.92. The van der Waals surface area contributed by atoms with Gasteiger partial charge in [0.2, 0.25) is 0 Å². The number of amidine groups is 1. The fraction of sp³-hybridized carbons (Fsp3) is 0.235. The lowest BCUT2D eigenvalue weighted by molar-refractivity contribution is 0.949. The fourth-order valence-electron chi connectivity index (χ4n) is 2.20. The first-order valence-corrected chi connectivity index (χ1v) is 8.52. The van der Waals surface area contributed by atoms with Crippen LogP contribution < -0.4 is 0 Å². The van der Waals surface area contributed by atoms with Crippen molar-refractivity contribution in [3.05, 3.63) is 66.2 Å². The van der Waals surface area contributed by atoms with Crippen molar-refractivity contribution in [2.45, 2.75) is 12.8 Å². The predicted octanol–water partition coefficient (Wildman–Crippen LogP) is 4.36. The summed E-state index contributed by atoms with van der Waals surface area (Å²) < 4.78 is 4.92. The summed E-state index contributed by atoms with van der Waals surface area (Å²) in [6.45, 7) is 0. The van der Waals surface area contributed by atoms with Crippen LogP contribution in [0.25, 0.3) is 0 Å². The van der Waals surface area contributed by atoms with Gasteiger partial charge >= 0.3 is 0 Å². The molecular formula is C17H18N2S. The maximum Gasteiger partial charge on any atom is 0.166 e. The molecular weight excluding hydrogens is 264 g/mol. The van der Waals surface area contributed by atoms with E-state index in [0.29, 0.717) is 0 Å². The van der Waals surface area contributed by atoms with Crippen LogP contribution in [0.15, 0.2) is 70.0 Å². The Morgan fingerprint density at radius 2 is 1.40 bits per heavy atom. The van der Waals surface area contributed by atoms with Gasteiger partial charge in [-0.25, -0.2) is 9.36 Å². The van der Waals surface area contributed by atoms with E-state index < -0.39 is 0 Å². The first kappa shape index (κ1) is 13.3. The van der Waals surface area contributed by atoms with Crippen molar-refractivity contribution >= 4 is 22.2 Å². The van der Waals surface area contributed by atoms with Crippen LogP contribution >= 0.6 is 0 Å². The largest absolute Gasteiger partial charge is 0.228 e. The van der Waals surface area contributed by atoms with Gasteiger partial charge in [-0.05, 0) is 25.0 Å². The summed E-state index contributed by atoms with van der Waals surface area (Å²) in [4.78, 5) is 4.75. The maximum atomic E-state index is 4.92. The Morgan fingerprint density at radius 1 is 0.800 bits per heavy atom. The van der Waals surface area contributed by atoms with Gasteiger partial charge in [0.1, 0.15) is 0 Å². The lowest BCUT2D eigenvalue weighted by Crippen LogP contribution is -2.01. The summed E-state index contributed by atoms with van der Waals surface area (Å²) in [5.74, 6) is 3.32. The van der Waals surface area contributed by atoms with Crippen molar-refractivity contribution in [2.75, 3.05) is 11.5 Å². The molecule has 0 spiro atoms. The molecule has 0 radical (unpaired) electrons. The van der Waals surface area contributed by atoms with E-state index in [9.17, 15) is 0 Å². The zero-order chi connectivity index (χ0) is 13.6. The summed E-state index contributed by atoms with van der Waals surface area (Å²) in [7, 11) is 0.163. The van der Waals surface area contributed by atoms with Crippen molar-refractivity contribution in [2.24, 2.45) is 9.36 Å². The Kier molecular flexibility index (Phi) is 4.38. The highest BCUT2D eigenvalue weighted by molar-refractivity contribution is 7.87. The molecule has 0 saturated carbocycles. The Hall–Kier alpha value is -1.74. The van der Waals surface area contributed by atoms with Crippen LogP contribution in [0.5, 0.6) is 0 Å². The maximum absolute atomic E-state index is 4.92. The van der Waals surface area contributed by atoms with Crippen LogP contribution in [0.4, 0.5) is 5.69 Å². The number of para-hydroxylation sites is 1. The van der Waals surface area contributed by atoms with Gasteiger partial charge in [-0.15, -0.1) is 0 Å². The molecule has 1 aliphatic heterocycles. The second kappa shape index (κ2) is 6.62. The molecule has 2 aromatic carbocycles. The van der Waals surface area contributed by atoms with Gasteiger partial charge in [-0.1, -0.05) is 59.2 Å². The van der Waals surface area contributed by atoms with E-state index in [0.717, 1.165) is 17.1 Å². The van der Waals surface area contributed by atoms with E-state index in [4.69, 9.17) is 9.36 Å². The minimum atomic E-state index is 0.163. The highest BCUT2D eigenvalue weighted by atomic mass is 32.2. The lowest BCUT2D eigenvalue weighted by atomic mass is 10.2. The van der Waals surface area contributed by atoms with Gasteiger partial charge in [-0.2, -0.15) is 0 Å². The van der Waals surface area contributed by atoms with E-state index in [1.165, 1.54) is 24.3 Å². The normalized spacial score (nSPS) is 16.3. The van der Waals surface area contributed by atoms with Crippen molar-refractivity contribution in [3.8, 4) is 0 Å². The van der Waals surface area contributed by atoms with E-state index in [2.05, 4.69) is 12.1 Å². The third kappa shape index (κ3) is 3.42. The van der Waals surface area contributed by atoms with Crippen LogP contribution in [0.1, 0.15) is 18.4 Å². The molecule has 1 fully saturated rings. The molecule has 20 heavy (non-hydrogen) atoms.